The van der Waals surface area contributed by atoms with Crippen molar-refractivity contribution in [3.05, 3.63) is 11.7 Å². The fourth-order valence-electron chi connectivity index (χ4n) is 1.78. The van der Waals surface area contributed by atoms with Crippen molar-refractivity contribution in [2.24, 2.45) is 0 Å². The zero-order valence-corrected chi connectivity index (χ0v) is 9.32. The van der Waals surface area contributed by atoms with Crippen LogP contribution < -0.4 is 10.6 Å². The lowest BCUT2D eigenvalue weighted by atomic mass is 10.0. The van der Waals surface area contributed by atoms with Crippen molar-refractivity contribution in [2.45, 2.75) is 38.8 Å². The van der Waals surface area contributed by atoms with E-state index in [0.717, 1.165) is 25.8 Å². The Labute approximate surface area is 93.8 Å². The van der Waals surface area contributed by atoms with Gasteiger partial charge in [0, 0.05) is 6.92 Å². The number of nitrogens with one attached hydrogen (secondary N) is 2. The number of piperidine rings is 1. The lowest BCUT2D eigenvalue weighted by Gasteiger charge is -2.22. The summed E-state index contributed by atoms with van der Waals surface area (Å²) in [5.41, 5.74) is 0. The molecule has 88 valence electrons. The molecule has 1 atom stereocenters. The van der Waals surface area contributed by atoms with E-state index in [-0.39, 0.29) is 11.9 Å². The molecule has 0 aromatic carbocycles. The number of carbonyl (C=O) groups excluding carboxylic acids is 1. The standard InChI is InChI=1S/C10H16N4O2/c1-7-13-9(14-16-7)6-12-10(15)8-4-2-3-5-11-8/h8,11H,2-6H2,1H3,(H,12,15)/t8-/m0/s1. The molecule has 0 unspecified atom stereocenters. The second-order valence-corrected chi connectivity index (χ2v) is 3.95. The summed E-state index contributed by atoms with van der Waals surface area (Å²) in [5.74, 6) is 1.05. The zero-order valence-electron chi connectivity index (χ0n) is 9.32. The molecule has 0 radical (unpaired) electrons. The maximum Gasteiger partial charge on any atom is 0.237 e. The molecule has 1 fully saturated rings. The number of nitrogens with zero attached hydrogens (tertiary/aromatic N) is 2. The van der Waals surface area contributed by atoms with E-state index in [4.69, 9.17) is 4.52 Å². The monoisotopic (exact) mass is 224 g/mol. The van der Waals surface area contributed by atoms with Crippen LogP contribution in [0, 0.1) is 6.92 Å². The fourth-order valence-corrected chi connectivity index (χ4v) is 1.78. The lowest BCUT2D eigenvalue weighted by Crippen LogP contribution is -2.46. The number of aromatic nitrogens is 2. The Hall–Kier alpha value is -1.43. The summed E-state index contributed by atoms with van der Waals surface area (Å²) in [4.78, 5) is 15.7. The van der Waals surface area contributed by atoms with Crippen LogP contribution in [0.4, 0.5) is 0 Å². The van der Waals surface area contributed by atoms with Crippen molar-refractivity contribution in [1.82, 2.24) is 20.8 Å². The minimum Gasteiger partial charge on any atom is -0.347 e. The van der Waals surface area contributed by atoms with Crippen LogP contribution in [0.25, 0.3) is 0 Å². The molecule has 1 aliphatic rings. The average molecular weight is 224 g/mol. The topological polar surface area (TPSA) is 80.0 Å². The van der Waals surface area contributed by atoms with Crippen molar-refractivity contribution >= 4 is 5.91 Å². The summed E-state index contributed by atoms with van der Waals surface area (Å²) in [5, 5.41) is 9.69. The molecule has 1 amide bonds. The summed E-state index contributed by atoms with van der Waals surface area (Å²) < 4.78 is 4.81. The molecular weight excluding hydrogens is 208 g/mol. The average Bonchev–Trinajstić information content (AvgIpc) is 2.73. The Bertz CT molecular complexity index is 357. The van der Waals surface area contributed by atoms with E-state index in [1.807, 2.05) is 0 Å². The second-order valence-electron chi connectivity index (χ2n) is 3.95. The molecule has 1 saturated heterocycles. The van der Waals surface area contributed by atoms with E-state index in [1.54, 1.807) is 6.92 Å². The van der Waals surface area contributed by atoms with Gasteiger partial charge >= 0.3 is 0 Å². The number of amides is 1. The summed E-state index contributed by atoms with van der Waals surface area (Å²) in [6.45, 7) is 2.97. The third kappa shape index (κ3) is 2.79. The Kier molecular flexibility index (Phi) is 3.51. The SMILES string of the molecule is Cc1nc(CNC(=O)[C@@H]2CCCCN2)no1. The van der Waals surface area contributed by atoms with Crippen molar-refractivity contribution in [3.63, 3.8) is 0 Å². The van der Waals surface area contributed by atoms with Crippen LogP contribution in [0.1, 0.15) is 31.0 Å². The van der Waals surface area contributed by atoms with Crippen molar-refractivity contribution in [1.29, 1.82) is 0 Å². The predicted octanol–water partition coefficient (Wildman–Crippen LogP) is 0.136. The number of carbonyl (C=O) groups is 1. The van der Waals surface area contributed by atoms with Gasteiger partial charge in [-0.05, 0) is 19.4 Å². The first-order chi connectivity index (χ1) is 7.75. The van der Waals surface area contributed by atoms with E-state index >= 15 is 0 Å². The van der Waals surface area contributed by atoms with E-state index in [1.165, 1.54) is 0 Å². The third-order valence-electron chi connectivity index (χ3n) is 2.62. The van der Waals surface area contributed by atoms with Gasteiger partial charge in [-0.15, -0.1) is 0 Å². The maximum absolute atomic E-state index is 11.7. The van der Waals surface area contributed by atoms with Crippen LogP contribution in [-0.2, 0) is 11.3 Å². The molecule has 0 spiro atoms. The molecule has 6 nitrogen and oxygen atoms in total. The van der Waals surface area contributed by atoms with Gasteiger partial charge in [0.05, 0.1) is 12.6 Å². The maximum atomic E-state index is 11.7. The van der Waals surface area contributed by atoms with E-state index < -0.39 is 0 Å². The number of rotatable bonds is 3. The fraction of sp³-hybridized carbons (Fsp3) is 0.700. The van der Waals surface area contributed by atoms with Gasteiger partial charge in [-0.3, -0.25) is 4.79 Å². The number of hydrogen-bond donors (Lipinski definition) is 2. The highest BCUT2D eigenvalue weighted by molar-refractivity contribution is 5.81. The lowest BCUT2D eigenvalue weighted by molar-refractivity contribution is -0.123. The molecule has 16 heavy (non-hydrogen) atoms. The molecule has 2 N–H and O–H groups in total. The number of aryl methyl sites for hydroxylation is 1. The molecule has 0 aliphatic carbocycles. The van der Waals surface area contributed by atoms with Crippen LogP contribution in [-0.4, -0.2) is 28.6 Å². The van der Waals surface area contributed by atoms with E-state index in [2.05, 4.69) is 20.8 Å². The first-order valence-electron chi connectivity index (χ1n) is 5.56. The van der Waals surface area contributed by atoms with E-state index in [0.29, 0.717) is 18.3 Å². The highest BCUT2D eigenvalue weighted by atomic mass is 16.5. The Morgan fingerprint density at radius 1 is 1.62 bits per heavy atom. The molecule has 6 heteroatoms. The highest BCUT2D eigenvalue weighted by Gasteiger charge is 2.20. The summed E-state index contributed by atoms with van der Waals surface area (Å²) in [7, 11) is 0. The molecule has 0 bridgehead atoms. The smallest absolute Gasteiger partial charge is 0.237 e. The molecule has 2 heterocycles. The third-order valence-corrected chi connectivity index (χ3v) is 2.62. The quantitative estimate of drug-likeness (QED) is 0.763. The van der Waals surface area contributed by atoms with Crippen molar-refractivity contribution in [3.8, 4) is 0 Å². The minimum atomic E-state index is -0.0678. The minimum absolute atomic E-state index is 0.0159. The molecule has 1 aliphatic heterocycles. The van der Waals surface area contributed by atoms with Crippen LogP contribution in [0.3, 0.4) is 0 Å². The van der Waals surface area contributed by atoms with Crippen LogP contribution in [0.5, 0.6) is 0 Å². The predicted molar refractivity (Wildman–Crippen MR) is 56.5 cm³/mol. The van der Waals surface area contributed by atoms with Gasteiger partial charge in [0.15, 0.2) is 5.82 Å². The van der Waals surface area contributed by atoms with Gasteiger partial charge in [-0.1, -0.05) is 11.6 Å². The van der Waals surface area contributed by atoms with Gasteiger partial charge in [0.25, 0.3) is 0 Å². The zero-order chi connectivity index (χ0) is 11.4. The Morgan fingerprint density at radius 3 is 3.12 bits per heavy atom. The summed E-state index contributed by atoms with van der Waals surface area (Å²) >= 11 is 0. The van der Waals surface area contributed by atoms with Gasteiger partial charge < -0.3 is 15.2 Å². The van der Waals surface area contributed by atoms with Crippen molar-refractivity contribution in [2.75, 3.05) is 6.54 Å². The molecule has 0 saturated carbocycles. The van der Waals surface area contributed by atoms with Crippen LogP contribution in [0.15, 0.2) is 4.52 Å². The Morgan fingerprint density at radius 2 is 2.50 bits per heavy atom. The highest BCUT2D eigenvalue weighted by Crippen LogP contribution is 2.06. The number of hydrogen-bond acceptors (Lipinski definition) is 5. The van der Waals surface area contributed by atoms with Gasteiger partial charge in [-0.2, -0.15) is 4.98 Å². The summed E-state index contributed by atoms with van der Waals surface area (Å²) in [6, 6.07) is -0.0678. The van der Waals surface area contributed by atoms with Gasteiger partial charge in [0.1, 0.15) is 0 Å². The summed E-state index contributed by atoms with van der Waals surface area (Å²) in [6.07, 6.45) is 3.15. The van der Waals surface area contributed by atoms with E-state index in [9.17, 15) is 4.79 Å². The molecular formula is C10H16N4O2. The second kappa shape index (κ2) is 5.07. The first-order valence-corrected chi connectivity index (χ1v) is 5.56. The largest absolute Gasteiger partial charge is 0.347 e. The molecule has 1 aromatic rings. The first kappa shape index (κ1) is 11.1. The van der Waals surface area contributed by atoms with Crippen LogP contribution in [0.2, 0.25) is 0 Å². The molecule has 2 rings (SSSR count). The van der Waals surface area contributed by atoms with Crippen molar-refractivity contribution < 1.29 is 9.32 Å². The van der Waals surface area contributed by atoms with Crippen LogP contribution >= 0.6 is 0 Å². The molecule has 1 aromatic heterocycles. The van der Waals surface area contributed by atoms with Gasteiger partial charge in [-0.25, -0.2) is 0 Å². The Balaban J connectivity index is 1.78. The van der Waals surface area contributed by atoms with Gasteiger partial charge in [0.2, 0.25) is 11.8 Å². The normalized spacial score (nSPS) is 20.7.